The van der Waals surface area contributed by atoms with Gasteiger partial charge in [-0.3, -0.25) is 9.78 Å². The van der Waals surface area contributed by atoms with Crippen LogP contribution < -0.4 is 4.90 Å². The summed E-state index contributed by atoms with van der Waals surface area (Å²) < 4.78 is 0. The first-order chi connectivity index (χ1) is 14.1. The molecule has 2 fully saturated rings. The molecular weight excluding hydrogens is 362 g/mol. The van der Waals surface area contributed by atoms with Crippen molar-refractivity contribution in [3.63, 3.8) is 0 Å². The van der Waals surface area contributed by atoms with E-state index in [1.807, 2.05) is 29.4 Å². The third-order valence-electron chi connectivity index (χ3n) is 7.06. The molecule has 2 aliphatic heterocycles. The third kappa shape index (κ3) is 3.42. The number of pyridine rings is 1. The quantitative estimate of drug-likeness (QED) is 0.870. The number of aliphatic hydroxyl groups is 1. The summed E-state index contributed by atoms with van der Waals surface area (Å²) in [7, 11) is 0. The van der Waals surface area contributed by atoms with Crippen molar-refractivity contribution in [1.82, 2.24) is 9.88 Å². The van der Waals surface area contributed by atoms with Crippen molar-refractivity contribution in [3.8, 4) is 0 Å². The monoisotopic (exact) mass is 391 g/mol. The standard InChI is InChI=1S/C24H29N3O2/c28-20-7-12-26(13-8-20)23(29)19-5-6-22-21(14-19)24(9-1-2-10-24)17-27(22)16-18-4-3-11-25-15-18/h3-6,11,14-15,20,28H,1-2,7-10,12-13,16-17H2. The molecule has 1 aromatic carbocycles. The first-order valence-corrected chi connectivity index (χ1v) is 10.9. The lowest BCUT2D eigenvalue weighted by molar-refractivity contribution is 0.0546. The summed E-state index contributed by atoms with van der Waals surface area (Å²) in [5.41, 5.74) is 4.85. The highest BCUT2D eigenvalue weighted by atomic mass is 16.3. The van der Waals surface area contributed by atoms with Gasteiger partial charge in [-0.1, -0.05) is 18.9 Å². The van der Waals surface area contributed by atoms with Gasteiger partial charge in [-0.2, -0.15) is 0 Å². The zero-order chi connectivity index (χ0) is 19.8. The van der Waals surface area contributed by atoms with Gasteiger partial charge < -0.3 is 14.9 Å². The molecule has 1 aromatic heterocycles. The minimum atomic E-state index is -0.262. The number of fused-ring (bicyclic) bond motifs is 2. The van der Waals surface area contributed by atoms with Gasteiger partial charge in [-0.15, -0.1) is 0 Å². The minimum Gasteiger partial charge on any atom is -0.393 e. The topological polar surface area (TPSA) is 56.7 Å². The van der Waals surface area contributed by atoms with Crippen LogP contribution in [0.1, 0.15) is 60.0 Å². The van der Waals surface area contributed by atoms with Crippen LogP contribution in [0.3, 0.4) is 0 Å². The number of benzene rings is 1. The van der Waals surface area contributed by atoms with Crippen LogP contribution in [-0.2, 0) is 12.0 Å². The zero-order valence-electron chi connectivity index (χ0n) is 16.9. The fourth-order valence-electron chi connectivity index (χ4n) is 5.49. The number of aliphatic hydroxyl groups excluding tert-OH is 1. The van der Waals surface area contributed by atoms with Gasteiger partial charge in [0.25, 0.3) is 5.91 Å². The van der Waals surface area contributed by atoms with Gasteiger partial charge in [0, 0.05) is 55.2 Å². The van der Waals surface area contributed by atoms with Crippen molar-refractivity contribution >= 4 is 11.6 Å². The van der Waals surface area contributed by atoms with E-state index in [1.165, 1.54) is 42.5 Å². The van der Waals surface area contributed by atoms with Gasteiger partial charge in [-0.25, -0.2) is 0 Å². The summed E-state index contributed by atoms with van der Waals surface area (Å²) in [6, 6.07) is 10.5. The Labute approximate surface area is 172 Å². The predicted molar refractivity (Wildman–Crippen MR) is 113 cm³/mol. The molecule has 5 rings (SSSR count). The number of carbonyl (C=O) groups excluding carboxylic acids is 1. The Hall–Kier alpha value is -2.40. The molecule has 152 valence electrons. The summed E-state index contributed by atoms with van der Waals surface area (Å²) in [6.07, 6.45) is 9.80. The molecule has 1 aliphatic carbocycles. The third-order valence-corrected chi connectivity index (χ3v) is 7.06. The average molecular weight is 392 g/mol. The molecule has 3 heterocycles. The number of likely N-dealkylation sites (tertiary alicyclic amines) is 1. The van der Waals surface area contributed by atoms with E-state index in [4.69, 9.17) is 0 Å². The number of hydrogen-bond acceptors (Lipinski definition) is 4. The lowest BCUT2D eigenvalue weighted by atomic mass is 9.80. The van der Waals surface area contributed by atoms with Crippen LogP contribution in [0.25, 0.3) is 0 Å². The number of anilines is 1. The van der Waals surface area contributed by atoms with E-state index in [-0.39, 0.29) is 17.4 Å². The summed E-state index contributed by atoms with van der Waals surface area (Å²) >= 11 is 0. The van der Waals surface area contributed by atoms with Crippen LogP contribution in [0.15, 0.2) is 42.7 Å². The van der Waals surface area contributed by atoms with Gasteiger partial charge in [0.05, 0.1) is 6.10 Å². The van der Waals surface area contributed by atoms with Crippen molar-refractivity contribution in [3.05, 3.63) is 59.4 Å². The van der Waals surface area contributed by atoms with Gasteiger partial charge in [-0.05, 0) is 61.1 Å². The second-order valence-electron chi connectivity index (χ2n) is 8.96. The predicted octanol–water partition coefficient (Wildman–Crippen LogP) is 3.51. The van der Waals surface area contributed by atoms with Gasteiger partial charge in [0.15, 0.2) is 0 Å². The van der Waals surface area contributed by atoms with Crippen molar-refractivity contribution < 1.29 is 9.90 Å². The number of piperidine rings is 1. The maximum atomic E-state index is 13.1. The molecule has 1 saturated heterocycles. The van der Waals surface area contributed by atoms with Crippen molar-refractivity contribution in [2.45, 2.75) is 56.6 Å². The van der Waals surface area contributed by atoms with E-state index in [0.29, 0.717) is 25.9 Å². The molecular formula is C24H29N3O2. The van der Waals surface area contributed by atoms with Gasteiger partial charge >= 0.3 is 0 Å². The van der Waals surface area contributed by atoms with Crippen molar-refractivity contribution in [1.29, 1.82) is 0 Å². The van der Waals surface area contributed by atoms with E-state index in [9.17, 15) is 9.90 Å². The molecule has 5 heteroatoms. The largest absolute Gasteiger partial charge is 0.393 e. The zero-order valence-corrected chi connectivity index (χ0v) is 16.9. The Morgan fingerprint density at radius 2 is 1.97 bits per heavy atom. The highest BCUT2D eigenvalue weighted by molar-refractivity contribution is 5.95. The Balaban J connectivity index is 1.44. The van der Waals surface area contributed by atoms with E-state index in [1.54, 1.807) is 0 Å². The SMILES string of the molecule is O=C(c1ccc2c(c1)C1(CCCC1)CN2Cc1cccnc1)N1CCC(O)CC1. The normalized spacial score (nSPS) is 21.0. The Morgan fingerprint density at radius 3 is 2.69 bits per heavy atom. The first kappa shape index (κ1) is 18.6. The molecule has 0 atom stereocenters. The number of rotatable bonds is 3. The Morgan fingerprint density at radius 1 is 1.17 bits per heavy atom. The number of amides is 1. The van der Waals surface area contributed by atoms with Crippen molar-refractivity contribution in [2.24, 2.45) is 0 Å². The van der Waals surface area contributed by atoms with Crippen LogP contribution >= 0.6 is 0 Å². The Bertz CT molecular complexity index is 884. The second kappa shape index (κ2) is 7.45. The van der Waals surface area contributed by atoms with Crippen LogP contribution in [0, 0.1) is 0 Å². The number of hydrogen-bond donors (Lipinski definition) is 1. The average Bonchev–Trinajstić information content (AvgIpc) is 3.34. The smallest absolute Gasteiger partial charge is 0.253 e. The van der Waals surface area contributed by atoms with E-state index in [2.05, 4.69) is 28.1 Å². The fraction of sp³-hybridized carbons (Fsp3) is 0.500. The summed E-state index contributed by atoms with van der Waals surface area (Å²) in [5, 5.41) is 9.75. The van der Waals surface area contributed by atoms with Crippen LogP contribution in [0.2, 0.25) is 0 Å². The molecule has 0 radical (unpaired) electrons. The second-order valence-corrected chi connectivity index (χ2v) is 8.96. The van der Waals surface area contributed by atoms with Crippen LogP contribution in [0.5, 0.6) is 0 Å². The molecule has 29 heavy (non-hydrogen) atoms. The molecule has 1 spiro atoms. The molecule has 3 aliphatic rings. The molecule has 1 saturated carbocycles. The summed E-state index contributed by atoms with van der Waals surface area (Å²) in [5.74, 6) is 0.110. The number of aromatic nitrogens is 1. The number of carbonyl (C=O) groups is 1. The molecule has 5 nitrogen and oxygen atoms in total. The minimum absolute atomic E-state index is 0.110. The van der Waals surface area contributed by atoms with Gasteiger partial charge in [0.2, 0.25) is 0 Å². The van der Waals surface area contributed by atoms with Crippen molar-refractivity contribution in [2.75, 3.05) is 24.5 Å². The van der Waals surface area contributed by atoms with Crippen LogP contribution in [0.4, 0.5) is 5.69 Å². The molecule has 1 amide bonds. The van der Waals surface area contributed by atoms with Crippen LogP contribution in [-0.4, -0.2) is 46.6 Å². The van der Waals surface area contributed by atoms with E-state index >= 15 is 0 Å². The maximum absolute atomic E-state index is 13.1. The lowest BCUT2D eigenvalue weighted by Crippen LogP contribution is -2.40. The van der Waals surface area contributed by atoms with Gasteiger partial charge in [0.1, 0.15) is 0 Å². The summed E-state index contributed by atoms with van der Waals surface area (Å²) in [4.78, 5) is 21.8. The molecule has 0 unspecified atom stereocenters. The lowest BCUT2D eigenvalue weighted by Gasteiger charge is -2.30. The maximum Gasteiger partial charge on any atom is 0.253 e. The molecule has 0 bridgehead atoms. The number of nitrogens with zero attached hydrogens (tertiary/aromatic N) is 3. The highest BCUT2D eigenvalue weighted by Crippen LogP contribution is 2.51. The Kier molecular flexibility index (Phi) is 4.78. The molecule has 1 N–H and O–H groups in total. The van der Waals surface area contributed by atoms with E-state index in [0.717, 1.165) is 18.7 Å². The highest BCUT2D eigenvalue weighted by Gasteiger charge is 2.44. The molecule has 2 aromatic rings. The van der Waals surface area contributed by atoms with E-state index < -0.39 is 0 Å². The fourth-order valence-corrected chi connectivity index (χ4v) is 5.49. The summed E-state index contributed by atoms with van der Waals surface area (Å²) in [6.45, 7) is 3.19. The first-order valence-electron chi connectivity index (χ1n) is 10.9.